The quantitative estimate of drug-likeness (QED) is 0.410. The van der Waals surface area contributed by atoms with Crippen LogP contribution in [-0.2, 0) is 9.59 Å². The van der Waals surface area contributed by atoms with Crippen molar-refractivity contribution in [2.24, 2.45) is 5.92 Å². The zero-order valence-corrected chi connectivity index (χ0v) is 22.4. The molecule has 0 aliphatic heterocycles. The molecular weight excluding hydrogens is 450 g/mol. The number of imidazole rings is 1. The Hall–Kier alpha value is -3.45. The number of amides is 2. The molecule has 0 atom stereocenters. The molecule has 7 heteroatoms. The van der Waals surface area contributed by atoms with Crippen molar-refractivity contribution in [3.05, 3.63) is 66.4 Å². The van der Waals surface area contributed by atoms with Gasteiger partial charge in [-0.3, -0.25) is 19.5 Å². The maximum Gasteiger partial charge on any atom is 0.246 e. The van der Waals surface area contributed by atoms with Crippen LogP contribution in [0.1, 0.15) is 45.6 Å². The molecule has 0 aliphatic carbocycles. The van der Waals surface area contributed by atoms with Gasteiger partial charge in [-0.2, -0.15) is 0 Å². The maximum absolute atomic E-state index is 13.2. The summed E-state index contributed by atoms with van der Waals surface area (Å²) in [5, 5.41) is 2.97. The second-order valence-electron chi connectivity index (χ2n) is 10.2. The van der Waals surface area contributed by atoms with E-state index in [0.29, 0.717) is 31.4 Å². The molecule has 36 heavy (non-hydrogen) atoms. The Morgan fingerprint density at radius 1 is 0.944 bits per heavy atom. The van der Waals surface area contributed by atoms with E-state index in [-0.39, 0.29) is 24.3 Å². The van der Waals surface area contributed by atoms with Crippen LogP contribution in [0.15, 0.2) is 60.8 Å². The van der Waals surface area contributed by atoms with E-state index in [2.05, 4.69) is 31.3 Å². The first-order valence-corrected chi connectivity index (χ1v) is 12.6. The van der Waals surface area contributed by atoms with Gasteiger partial charge in [-0.1, -0.05) is 70.2 Å². The van der Waals surface area contributed by atoms with E-state index >= 15 is 0 Å². The molecule has 1 aromatic heterocycles. The van der Waals surface area contributed by atoms with Crippen LogP contribution < -0.4 is 5.32 Å². The molecule has 1 N–H and O–H groups in total. The lowest BCUT2D eigenvalue weighted by atomic mass is 10.0. The number of anilines is 1. The van der Waals surface area contributed by atoms with Crippen LogP contribution in [0.2, 0.25) is 0 Å². The molecule has 0 aliphatic rings. The van der Waals surface area contributed by atoms with E-state index in [0.717, 1.165) is 16.9 Å². The second-order valence-corrected chi connectivity index (χ2v) is 10.2. The van der Waals surface area contributed by atoms with Crippen molar-refractivity contribution in [1.82, 2.24) is 19.4 Å². The third-order valence-electron chi connectivity index (χ3n) is 5.95. The Bertz CT molecular complexity index is 1130. The van der Waals surface area contributed by atoms with Crippen LogP contribution in [0.4, 0.5) is 5.95 Å². The van der Waals surface area contributed by atoms with E-state index in [1.165, 1.54) is 5.56 Å². The fourth-order valence-electron chi connectivity index (χ4n) is 3.86. The normalized spacial score (nSPS) is 11.4. The number of carbonyl (C=O) groups excluding carboxylic acids is 2. The van der Waals surface area contributed by atoms with Gasteiger partial charge in [0.05, 0.1) is 12.2 Å². The van der Waals surface area contributed by atoms with Crippen LogP contribution in [0.3, 0.4) is 0 Å². The van der Waals surface area contributed by atoms with Crippen LogP contribution in [0.25, 0.3) is 16.9 Å². The molecular formula is C29H39N5O2. The largest absolute Gasteiger partial charge is 0.332 e. The van der Waals surface area contributed by atoms with E-state index in [4.69, 9.17) is 4.98 Å². The maximum atomic E-state index is 13.2. The Morgan fingerprint density at radius 2 is 1.61 bits per heavy atom. The molecule has 0 saturated heterocycles. The minimum absolute atomic E-state index is 0.0143. The highest BCUT2D eigenvalue weighted by Crippen LogP contribution is 2.25. The van der Waals surface area contributed by atoms with Gasteiger partial charge in [-0.05, 0) is 43.6 Å². The molecule has 0 saturated carbocycles. The minimum Gasteiger partial charge on any atom is -0.332 e. The molecule has 2 amide bonds. The zero-order chi connectivity index (χ0) is 26.2. The van der Waals surface area contributed by atoms with Gasteiger partial charge in [0.1, 0.15) is 0 Å². The monoisotopic (exact) mass is 489 g/mol. The molecule has 7 nitrogen and oxygen atoms in total. The first-order valence-electron chi connectivity index (χ1n) is 12.6. The smallest absolute Gasteiger partial charge is 0.246 e. The summed E-state index contributed by atoms with van der Waals surface area (Å²) in [5.41, 5.74) is 3.88. The van der Waals surface area contributed by atoms with Crippen LogP contribution in [0.5, 0.6) is 0 Å². The van der Waals surface area contributed by atoms with Crippen molar-refractivity contribution in [3.8, 4) is 16.9 Å². The van der Waals surface area contributed by atoms with Gasteiger partial charge in [0.25, 0.3) is 0 Å². The average molecular weight is 490 g/mol. The summed E-state index contributed by atoms with van der Waals surface area (Å²) in [6, 6.07) is 18.2. The molecule has 0 spiro atoms. The van der Waals surface area contributed by atoms with Crippen molar-refractivity contribution in [1.29, 1.82) is 0 Å². The Kier molecular flexibility index (Phi) is 9.42. The predicted molar refractivity (Wildman–Crippen MR) is 146 cm³/mol. The number of nitrogens with one attached hydrogen (secondary N) is 1. The highest BCUT2D eigenvalue weighted by molar-refractivity contribution is 5.94. The molecule has 2 aromatic carbocycles. The fourth-order valence-corrected chi connectivity index (χ4v) is 3.86. The number of hydrogen-bond acceptors (Lipinski definition) is 4. The minimum atomic E-state index is -0.267. The number of aromatic nitrogens is 2. The number of benzene rings is 2. The highest BCUT2D eigenvalue weighted by Gasteiger charge is 2.20. The second kappa shape index (κ2) is 12.5. The SMILES string of the molecule is CC(C)CC(=O)N(CCN(C)C)CC(=O)Nc1nc(-c2ccccc2)cn1-c1ccc(C(C)C)cc1. The Balaban J connectivity index is 1.87. The van der Waals surface area contributed by atoms with E-state index in [9.17, 15) is 9.59 Å². The molecule has 3 aromatic rings. The van der Waals surface area contributed by atoms with Crippen molar-refractivity contribution >= 4 is 17.8 Å². The standard InChI is InChI=1S/C29H39N5O2/c1-21(2)18-28(36)33(17-16-32(5)6)20-27(35)31-29-30-26(24-10-8-7-9-11-24)19-34(29)25-14-12-23(13-15-25)22(3)4/h7-15,19,21-22H,16-18,20H2,1-6H3,(H,30,31,35). The molecule has 192 valence electrons. The van der Waals surface area contributed by atoms with Crippen LogP contribution in [0, 0.1) is 5.92 Å². The Morgan fingerprint density at radius 3 is 2.19 bits per heavy atom. The molecule has 0 radical (unpaired) electrons. The molecule has 3 rings (SSSR count). The molecule has 0 fully saturated rings. The first-order chi connectivity index (χ1) is 17.1. The van der Waals surface area contributed by atoms with E-state index < -0.39 is 0 Å². The van der Waals surface area contributed by atoms with Gasteiger partial charge in [0.2, 0.25) is 17.8 Å². The summed E-state index contributed by atoms with van der Waals surface area (Å²) in [7, 11) is 3.91. The number of rotatable bonds is 11. The van der Waals surface area contributed by atoms with Gasteiger partial charge in [-0.15, -0.1) is 0 Å². The van der Waals surface area contributed by atoms with Crippen molar-refractivity contribution in [3.63, 3.8) is 0 Å². The van der Waals surface area contributed by atoms with Crippen LogP contribution >= 0.6 is 0 Å². The van der Waals surface area contributed by atoms with E-state index in [1.807, 2.05) is 86.1 Å². The van der Waals surface area contributed by atoms with Gasteiger partial charge >= 0.3 is 0 Å². The zero-order valence-electron chi connectivity index (χ0n) is 22.4. The lowest BCUT2D eigenvalue weighted by Crippen LogP contribution is -2.42. The third-order valence-corrected chi connectivity index (χ3v) is 5.95. The Labute approximate surface area is 215 Å². The predicted octanol–water partition coefficient (Wildman–Crippen LogP) is 5.04. The number of nitrogens with zero attached hydrogens (tertiary/aromatic N) is 4. The number of hydrogen-bond donors (Lipinski definition) is 1. The van der Waals surface area contributed by atoms with Crippen molar-refractivity contribution in [2.45, 2.75) is 40.0 Å². The lowest BCUT2D eigenvalue weighted by Gasteiger charge is -2.24. The summed E-state index contributed by atoms with van der Waals surface area (Å²) in [5.74, 6) is 0.803. The molecule has 0 bridgehead atoms. The molecule has 0 unspecified atom stereocenters. The molecule has 1 heterocycles. The highest BCUT2D eigenvalue weighted by atomic mass is 16.2. The summed E-state index contributed by atoms with van der Waals surface area (Å²) in [4.78, 5) is 34.4. The summed E-state index contributed by atoms with van der Waals surface area (Å²) < 4.78 is 1.89. The van der Waals surface area contributed by atoms with E-state index in [1.54, 1.807) is 4.90 Å². The average Bonchev–Trinajstić information content (AvgIpc) is 3.25. The summed E-state index contributed by atoms with van der Waals surface area (Å²) >= 11 is 0. The van der Waals surface area contributed by atoms with Crippen molar-refractivity contribution < 1.29 is 9.59 Å². The summed E-state index contributed by atoms with van der Waals surface area (Å²) in [6.45, 7) is 9.50. The van der Waals surface area contributed by atoms with Crippen LogP contribution in [-0.4, -0.2) is 64.9 Å². The van der Waals surface area contributed by atoms with Gasteiger partial charge in [0, 0.05) is 37.0 Å². The van der Waals surface area contributed by atoms with Gasteiger partial charge in [0.15, 0.2) is 0 Å². The summed E-state index contributed by atoms with van der Waals surface area (Å²) in [6.07, 6.45) is 2.35. The first kappa shape index (κ1) is 27.1. The van der Waals surface area contributed by atoms with Gasteiger partial charge in [-0.25, -0.2) is 4.98 Å². The van der Waals surface area contributed by atoms with Crippen molar-refractivity contribution in [2.75, 3.05) is 39.0 Å². The number of likely N-dealkylation sites (N-methyl/N-ethyl adjacent to an activating group) is 1. The lowest BCUT2D eigenvalue weighted by molar-refractivity contribution is -0.135. The third kappa shape index (κ3) is 7.52. The fraction of sp³-hybridized carbons (Fsp3) is 0.414. The number of carbonyl (C=O) groups is 2. The van der Waals surface area contributed by atoms with Gasteiger partial charge < -0.3 is 9.80 Å². The topological polar surface area (TPSA) is 70.5 Å².